The summed E-state index contributed by atoms with van der Waals surface area (Å²) >= 11 is 0. The van der Waals surface area contributed by atoms with E-state index in [2.05, 4.69) is 16.2 Å². The summed E-state index contributed by atoms with van der Waals surface area (Å²) in [6.45, 7) is 1.91. The van der Waals surface area contributed by atoms with Crippen molar-refractivity contribution in [1.82, 2.24) is 10.9 Å². The molecule has 6 heteroatoms. The Morgan fingerprint density at radius 1 is 0.607 bits per heavy atom. The van der Waals surface area contributed by atoms with Crippen molar-refractivity contribution in [2.24, 2.45) is 0 Å². The average Bonchev–Trinajstić information content (AvgIpc) is 2.72. The van der Waals surface area contributed by atoms with E-state index in [-0.39, 0.29) is 5.91 Å². The molecule has 0 unspecified atom stereocenters. The molecule has 140 valence electrons. The molecule has 0 bridgehead atoms. The normalized spacial score (nSPS) is 10.0. The first kappa shape index (κ1) is 18.8. The van der Waals surface area contributed by atoms with Gasteiger partial charge < -0.3 is 5.32 Å². The monoisotopic (exact) mass is 373 g/mol. The largest absolute Gasteiger partial charge is 0.322 e. The zero-order chi connectivity index (χ0) is 19.9. The van der Waals surface area contributed by atoms with E-state index in [1.165, 1.54) is 6.07 Å². The van der Waals surface area contributed by atoms with Gasteiger partial charge in [0.25, 0.3) is 17.7 Å². The minimum absolute atomic E-state index is 0.265. The number of benzene rings is 3. The zero-order valence-electron chi connectivity index (χ0n) is 15.2. The zero-order valence-corrected chi connectivity index (χ0v) is 15.2. The molecule has 3 N–H and O–H groups in total. The van der Waals surface area contributed by atoms with Crippen LogP contribution in [0.25, 0.3) is 0 Å². The fourth-order valence-corrected chi connectivity index (χ4v) is 2.58. The van der Waals surface area contributed by atoms with Gasteiger partial charge in [0.1, 0.15) is 0 Å². The molecular weight excluding hydrogens is 354 g/mol. The van der Waals surface area contributed by atoms with Crippen LogP contribution in [0.15, 0.2) is 78.9 Å². The number of rotatable bonds is 4. The third kappa shape index (κ3) is 4.82. The molecule has 0 saturated heterocycles. The van der Waals surface area contributed by atoms with Crippen LogP contribution in [0.1, 0.15) is 36.6 Å². The Morgan fingerprint density at radius 3 is 1.86 bits per heavy atom. The van der Waals surface area contributed by atoms with Gasteiger partial charge in [-0.2, -0.15) is 0 Å². The van der Waals surface area contributed by atoms with Crippen molar-refractivity contribution in [3.05, 3.63) is 101 Å². The van der Waals surface area contributed by atoms with Gasteiger partial charge in [-0.3, -0.25) is 25.2 Å². The number of aryl methyl sites for hydroxylation is 1. The summed E-state index contributed by atoms with van der Waals surface area (Å²) in [7, 11) is 0. The van der Waals surface area contributed by atoms with Gasteiger partial charge >= 0.3 is 0 Å². The lowest BCUT2D eigenvalue weighted by molar-refractivity contribution is 0.0846. The highest BCUT2D eigenvalue weighted by molar-refractivity contribution is 6.05. The summed E-state index contributed by atoms with van der Waals surface area (Å²) < 4.78 is 0. The molecule has 3 aromatic carbocycles. The second-order valence-corrected chi connectivity index (χ2v) is 6.18. The predicted octanol–water partition coefficient (Wildman–Crippen LogP) is 3.32. The van der Waals surface area contributed by atoms with Gasteiger partial charge in [-0.05, 0) is 49.4 Å². The molecule has 0 atom stereocenters. The maximum Gasteiger partial charge on any atom is 0.269 e. The Hall–Kier alpha value is -3.93. The van der Waals surface area contributed by atoms with Crippen molar-refractivity contribution in [2.75, 3.05) is 5.32 Å². The number of anilines is 1. The predicted molar refractivity (Wildman–Crippen MR) is 107 cm³/mol. The molecule has 0 aromatic heterocycles. The van der Waals surface area contributed by atoms with Gasteiger partial charge in [0.2, 0.25) is 0 Å². The first-order chi connectivity index (χ1) is 13.5. The SMILES string of the molecule is Cc1cccc(C(=O)Nc2cccc(C(=O)NNC(=O)c3ccccc3)c2)c1. The number of hydrazine groups is 1. The molecule has 0 heterocycles. The van der Waals surface area contributed by atoms with Crippen molar-refractivity contribution >= 4 is 23.4 Å². The van der Waals surface area contributed by atoms with E-state index in [9.17, 15) is 14.4 Å². The molecule has 28 heavy (non-hydrogen) atoms. The molecule has 6 nitrogen and oxygen atoms in total. The molecule has 0 radical (unpaired) electrons. The molecule has 3 rings (SSSR count). The van der Waals surface area contributed by atoms with Crippen LogP contribution >= 0.6 is 0 Å². The van der Waals surface area contributed by atoms with Gasteiger partial charge in [0.05, 0.1) is 0 Å². The van der Waals surface area contributed by atoms with E-state index < -0.39 is 11.8 Å². The van der Waals surface area contributed by atoms with Gasteiger partial charge in [0.15, 0.2) is 0 Å². The number of hydrogen-bond donors (Lipinski definition) is 3. The second kappa shape index (κ2) is 8.64. The smallest absolute Gasteiger partial charge is 0.269 e. The van der Waals surface area contributed by atoms with E-state index in [1.807, 2.05) is 19.1 Å². The summed E-state index contributed by atoms with van der Waals surface area (Å²) in [4.78, 5) is 36.6. The molecule has 3 amide bonds. The van der Waals surface area contributed by atoms with Crippen molar-refractivity contribution in [2.45, 2.75) is 6.92 Å². The van der Waals surface area contributed by atoms with Gasteiger partial charge in [0, 0.05) is 22.4 Å². The number of amides is 3. The Labute approximate surface area is 162 Å². The van der Waals surface area contributed by atoms with Crippen molar-refractivity contribution in [1.29, 1.82) is 0 Å². The quantitative estimate of drug-likeness (QED) is 0.613. The van der Waals surface area contributed by atoms with Crippen LogP contribution in [-0.4, -0.2) is 17.7 Å². The Kier molecular flexibility index (Phi) is 5.81. The summed E-state index contributed by atoms with van der Waals surface area (Å²) in [5.41, 5.74) is 7.46. The first-order valence-corrected chi connectivity index (χ1v) is 8.67. The molecule has 0 aliphatic heterocycles. The molecule has 0 aliphatic carbocycles. The number of hydrogen-bond acceptors (Lipinski definition) is 3. The van der Waals surface area contributed by atoms with Crippen molar-refractivity contribution < 1.29 is 14.4 Å². The minimum Gasteiger partial charge on any atom is -0.322 e. The maximum absolute atomic E-state index is 12.4. The Morgan fingerprint density at radius 2 is 1.18 bits per heavy atom. The Balaban J connectivity index is 1.63. The summed E-state index contributed by atoms with van der Waals surface area (Å²) in [5.74, 6) is -1.17. The molecule has 0 aliphatic rings. The average molecular weight is 373 g/mol. The highest BCUT2D eigenvalue weighted by Crippen LogP contribution is 2.13. The summed E-state index contributed by atoms with van der Waals surface area (Å²) in [6.07, 6.45) is 0. The lowest BCUT2D eigenvalue weighted by atomic mass is 10.1. The van der Waals surface area contributed by atoms with Crippen LogP contribution < -0.4 is 16.2 Å². The lowest BCUT2D eigenvalue weighted by Gasteiger charge is -2.10. The summed E-state index contributed by atoms with van der Waals surface area (Å²) in [6, 6.07) is 22.2. The van der Waals surface area contributed by atoms with E-state index in [4.69, 9.17) is 0 Å². The fraction of sp³-hybridized carbons (Fsp3) is 0.0455. The van der Waals surface area contributed by atoms with E-state index >= 15 is 0 Å². The van der Waals surface area contributed by atoms with E-state index in [1.54, 1.807) is 60.7 Å². The molecule has 0 fully saturated rings. The minimum atomic E-state index is -0.490. The topological polar surface area (TPSA) is 87.3 Å². The Bertz CT molecular complexity index is 1020. The number of carbonyl (C=O) groups excluding carboxylic acids is 3. The van der Waals surface area contributed by atoms with Crippen LogP contribution in [-0.2, 0) is 0 Å². The van der Waals surface area contributed by atoms with Crippen LogP contribution in [0.4, 0.5) is 5.69 Å². The van der Waals surface area contributed by atoms with E-state index in [0.717, 1.165) is 5.56 Å². The molecule has 0 saturated carbocycles. The van der Waals surface area contributed by atoms with Crippen LogP contribution in [0.3, 0.4) is 0 Å². The number of carbonyl (C=O) groups is 3. The molecular formula is C22H19N3O3. The lowest BCUT2D eigenvalue weighted by Crippen LogP contribution is -2.41. The molecule has 0 spiro atoms. The van der Waals surface area contributed by atoms with E-state index in [0.29, 0.717) is 22.4 Å². The van der Waals surface area contributed by atoms with Crippen LogP contribution in [0, 0.1) is 6.92 Å². The second-order valence-electron chi connectivity index (χ2n) is 6.18. The van der Waals surface area contributed by atoms with Crippen molar-refractivity contribution in [3.63, 3.8) is 0 Å². The van der Waals surface area contributed by atoms with Gasteiger partial charge in [-0.1, -0.05) is 42.0 Å². The number of nitrogens with one attached hydrogen (secondary N) is 3. The first-order valence-electron chi connectivity index (χ1n) is 8.67. The third-order valence-electron chi connectivity index (χ3n) is 3.99. The van der Waals surface area contributed by atoms with Crippen LogP contribution in [0.5, 0.6) is 0 Å². The standard InChI is InChI=1S/C22H19N3O3/c1-15-7-5-10-17(13-15)20(26)23-19-12-6-11-18(14-19)22(28)25-24-21(27)16-8-3-2-4-9-16/h2-14H,1H3,(H,23,26)(H,24,27)(H,25,28). The highest BCUT2D eigenvalue weighted by atomic mass is 16.2. The van der Waals surface area contributed by atoms with Crippen molar-refractivity contribution in [3.8, 4) is 0 Å². The highest BCUT2D eigenvalue weighted by Gasteiger charge is 2.11. The van der Waals surface area contributed by atoms with Gasteiger partial charge in [-0.15, -0.1) is 0 Å². The third-order valence-corrected chi connectivity index (χ3v) is 3.99. The molecule has 3 aromatic rings. The van der Waals surface area contributed by atoms with Gasteiger partial charge in [-0.25, -0.2) is 0 Å². The van der Waals surface area contributed by atoms with Crippen LogP contribution in [0.2, 0.25) is 0 Å². The summed E-state index contributed by atoms with van der Waals surface area (Å²) in [5, 5.41) is 2.77. The maximum atomic E-state index is 12.4. The fourth-order valence-electron chi connectivity index (χ4n) is 2.58.